The first-order chi connectivity index (χ1) is 10.2. The Hall–Kier alpha value is -1.77. The van der Waals surface area contributed by atoms with Crippen molar-refractivity contribution in [2.75, 3.05) is 0 Å². The van der Waals surface area contributed by atoms with Crippen LogP contribution in [0, 0.1) is 28.7 Å². The summed E-state index contributed by atoms with van der Waals surface area (Å²) in [6.07, 6.45) is 1.67. The molecule has 0 amide bonds. The fourth-order valence-corrected chi connectivity index (χ4v) is 2.63. The van der Waals surface area contributed by atoms with Crippen molar-refractivity contribution in [1.82, 2.24) is 0 Å². The zero-order chi connectivity index (χ0) is 16.8. The van der Waals surface area contributed by atoms with Gasteiger partial charge in [-0.3, -0.25) is 0 Å². The van der Waals surface area contributed by atoms with Gasteiger partial charge in [-0.1, -0.05) is 76.7 Å². The second-order valence-electron chi connectivity index (χ2n) is 7.36. The molecule has 1 aromatic rings. The highest BCUT2D eigenvalue weighted by atomic mass is 28.3. The molecule has 1 unspecified atom stereocenters. The molecule has 0 saturated carbocycles. The average Bonchev–Trinajstić information content (AvgIpc) is 2.45. The highest BCUT2D eigenvalue weighted by Gasteiger charge is 2.33. The van der Waals surface area contributed by atoms with Gasteiger partial charge in [-0.25, -0.2) is 0 Å². The molecule has 0 fully saturated rings. The molecule has 0 spiro atoms. The highest BCUT2D eigenvalue weighted by molar-refractivity contribution is 6.87. The van der Waals surface area contributed by atoms with Gasteiger partial charge >= 0.3 is 0 Å². The number of rotatable bonds is 4. The Balaban J connectivity index is 2.73. The molecule has 0 bridgehead atoms. The molecule has 0 aromatic heterocycles. The second kappa shape index (κ2) is 7.48. The lowest BCUT2D eigenvalue weighted by atomic mass is 9.95. The number of nitriles is 1. The Morgan fingerprint density at radius 2 is 1.82 bits per heavy atom. The van der Waals surface area contributed by atoms with Crippen molar-refractivity contribution < 1.29 is 0 Å². The van der Waals surface area contributed by atoms with Crippen LogP contribution >= 0.6 is 0 Å². The molecule has 1 rings (SSSR count). The van der Waals surface area contributed by atoms with Crippen molar-refractivity contribution >= 4 is 8.07 Å². The molecule has 0 saturated heterocycles. The van der Waals surface area contributed by atoms with Gasteiger partial charge < -0.3 is 0 Å². The quantitative estimate of drug-likeness (QED) is 0.542. The first-order valence-electron chi connectivity index (χ1n) is 7.83. The molecule has 0 radical (unpaired) electrons. The molecule has 2 heteroatoms. The van der Waals surface area contributed by atoms with E-state index in [-0.39, 0.29) is 11.0 Å². The molecular weight excluding hydrogens is 282 g/mol. The van der Waals surface area contributed by atoms with Crippen molar-refractivity contribution in [3.63, 3.8) is 0 Å². The molecule has 0 heterocycles. The summed E-state index contributed by atoms with van der Waals surface area (Å²) in [5.74, 6) is 3.03. The normalized spacial score (nSPS) is 12.7. The standard InChI is InChI=1S/C20H27NSi/c1-17(14-15-22(5,6)20(2,3)4)19(16-21)13-12-18-10-8-7-9-11-18/h7-11,19H,1,12-13H2,2-6H3. The maximum absolute atomic E-state index is 9.40. The van der Waals surface area contributed by atoms with E-state index in [9.17, 15) is 5.26 Å². The number of allylic oxidation sites excluding steroid dienone is 1. The van der Waals surface area contributed by atoms with Gasteiger partial charge in [-0.15, -0.1) is 5.54 Å². The summed E-state index contributed by atoms with van der Waals surface area (Å²) in [7, 11) is -1.64. The largest absolute Gasteiger partial charge is 0.198 e. The van der Waals surface area contributed by atoms with Crippen LogP contribution in [0.15, 0.2) is 42.5 Å². The summed E-state index contributed by atoms with van der Waals surface area (Å²) in [5.41, 5.74) is 5.47. The summed E-state index contributed by atoms with van der Waals surface area (Å²) < 4.78 is 0. The van der Waals surface area contributed by atoms with Crippen molar-refractivity contribution in [1.29, 1.82) is 5.26 Å². The Bertz CT molecular complexity index is 603. The zero-order valence-corrected chi connectivity index (χ0v) is 15.5. The smallest absolute Gasteiger partial charge is 0.138 e. The molecule has 116 valence electrons. The molecule has 22 heavy (non-hydrogen) atoms. The van der Waals surface area contributed by atoms with E-state index in [4.69, 9.17) is 0 Å². The Morgan fingerprint density at radius 3 is 2.32 bits per heavy atom. The van der Waals surface area contributed by atoms with E-state index in [0.29, 0.717) is 0 Å². The van der Waals surface area contributed by atoms with Crippen LogP contribution in [-0.2, 0) is 6.42 Å². The zero-order valence-electron chi connectivity index (χ0n) is 14.5. The van der Waals surface area contributed by atoms with Crippen LogP contribution in [0.4, 0.5) is 0 Å². The van der Waals surface area contributed by atoms with Gasteiger partial charge in [0.15, 0.2) is 0 Å². The van der Waals surface area contributed by atoms with E-state index >= 15 is 0 Å². The van der Waals surface area contributed by atoms with Crippen LogP contribution in [0.2, 0.25) is 18.1 Å². The van der Waals surface area contributed by atoms with Crippen LogP contribution in [0.3, 0.4) is 0 Å². The van der Waals surface area contributed by atoms with Crippen LogP contribution in [0.5, 0.6) is 0 Å². The lowest BCUT2D eigenvalue weighted by Crippen LogP contribution is -2.35. The third-order valence-corrected chi connectivity index (χ3v) is 9.05. The minimum atomic E-state index is -1.64. The monoisotopic (exact) mass is 309 g/mol. The van der Waals surface area contributed by atoms with Gasteiger partial charge in [0.05, 0.1) is 12.0 Å². The molecule has 1 aromatic carbocycles. The molecule has 0 N–H and O–H groups in total. The first kappa shape index (κ1) is 18.3. The number of nitrogens with zero attached hydrogens (tertiary/aromatic N) is 1. The van der Waals surface area contributed by atoms with E-state index in [1.54, 1.807) is 0 Å². The Morgan fingerprint density at radius 1 is 1.23 bits per heavy atom. The van der Waals surface area contributed by atoms with Gasteiger partial charge in [0.25, 0.3) is 0 Å². The maximum atomic E-state index is 9.40. The topological polar surface area (TPSA) is 23.8 Å². The van der Waals surface area contributed by atoms with Crippen molar-refractivity contribution in [2.45, 2.75) is 51.7 Å². The molecule has 1 nitrogen and oxygen atoms in total. The molecule has 1 atom stereocenters. The highest BCUT2D eigenvalue weighted by Crippen LogP contribution is 2.35. The lowest BCUT2D eigenvalue weighted by molar-refractivity contribution is 0.703. The predicted molar refractivity (Wildman–Crippen MR) is 98.0 cm³/mol. The summed E-state index contributed by atoms with van der Waals surface area (Å²) in [6.45, 7) is 15.3. The number of aryl methyl sites for hydroxylation is 1. The Labute approximate surface area is 137 Å². The summed E-state index contributed by atoms with van der Waals surface area (Å²) in [5, 5.41) is 9.63. The minimum Gasteiger partial charge on any atom is -0.198 e. The number of hydrogen-bond donors (Lipinski definition) is 0. The van der Waals surface area contributed by atoms with Crippen LogP contribution < -0.4 is 0 Å². The molecule has 0 aliphatic heterocycles. The second-order valence-corrected chi connectivity index (χ2v) is 12.4. The van der Waals surface area contributed by atoms with Crippen molar-refractivity contribution in [3.05, 3.63) is 48.0 Å². The SMILES string of the molecule is C=C(C#C[Si](C)(C)C(C)(C)C)C(C#N)CCc1ccccc1. The fraction of sp³-hybridized carbons (Fsp3) is 0.450. The lowest BCUT2D eigenvalue weighted by Gasteiger charge is -2.31. The summed E-state index contributed by atoms with van der Waals surface area (Å²) in [4.78, 5) is 0. The van der Waals surface area contributed by atoms with Crippen LogP contribution in [0.1, 0.15) is 32.8 Å². The third-order valence-electron chi connectivity index (χ3n) is 4.55. The van der Waals surface area contributed by atoms with Gasteiger partial charge in [0, 0.05) is 5.57 Å². The average molecular weight is 310 g/mol. The third kappa shape index (κ3) is 5.21. The van der Waals surface area contributed by atoms with E-state index in [2.05, 4.69) is 70.1 Å². The van der Waals surface area contributed by atoms with Gasteiger partial charge in [-0.2, -0.15) is 5.26 Å². The minimum absolute atomic E-state index is 0.183. The molecule has 0 aliphatic rings. The van der Waals surface area contributed by atoms with E-state index in [1.165, 1.54) is 5.56 Å². The van der Waals surface area contributed by atoms with Gasteiger partial charge in [0.1, 0.15) is 8.07 Å². The fourth-order valence-electron chi connectivity index (χ4n) is 1.78. The van der Waals surface area contributed by atoms with E-state index in [1.807, 2.05) is 18.2 Å². The predicted octanol–water partition coefficient (Wildman–Crippen LogP) is 5.37. The van der Waals surface area contributed by atoms with Crippen LogP contribution in [-0.4, -0.2) is 8.07 Å². The molecular formula is C20H27NSi. The molecule has 0 aliphatic carbocycles. The van der Waals surface area contributed by atoms with Gasteiger partial charge in [0.2, 0.25) is 0 Å². The van der Waals surface area contributed by atoms with E-state index < -0.39 is 8.07 Å². The van der Waals surface area contributed by atoms with Crippen LogP contribution in [0.25, 0.3) is 0 Å². The summed E-state index contributed by atoms with van der Waals surface area (Å²) in [6, 6.07) is 12.6. The van der Waals surface area contributed by atoms with Crippen molar-refractivity contribution in [2.24, 2.45) is 5.92 Å². The number of benzene rings is 1. The van der Waals surface area contributed by atoms with E-state index in [0.717, 1.165) is 18.4 Å². The first-order valence-corrected chi connectivity index (χ1v) is 10.8. The maximum Gasteiger partial charge on any atom is 0.138 e. The number of hydrogen-bond acceptors (Lipinski definition) is 1. The van der Waals surface area contributed by atoms with Gasteiger partial charge in [-0.05, 0) is 23.4 Å². The van der Waals surface area contributed by atoms with Crippen molar-refractivity contribution in [3.8, 4) is 17.5 Å². The summed E-state index contributed by atoms with van der Waals surface area (Å²) >= 11 is 0. The Kier molecular flexibility index (Phi) is 6.21.